The molecular formula is C13H22N2O. The zero-order chi connectivity index (χ0) is 12.0. The number of hydrogen-bond acceptors (Lipinski definition) is 2. The minimum absolute atomic E-state index is 0.139. The molecule has 1 rings (SSSR count). The van der Waals surface area contributed by atoms with Crippen molar-refractivity contribution in [2.45, 2.75) is 45.7 Å². The molecule has 0 bridgehead atoms. The maximum Gasteiger partial charge on any atom is 0.253 e. The summed E-state index contributed by atoms with van der Waals surface area (Å²) in [6, 6.07) is 4.37. The van der Waals surface area contributed by atoms with Crippen molar-refractivity contribution in [1.82, 2.24) is 9.88 Å². The molecule has 1 unspecified atom stereocenters. The van der Waals surface area contributed by atoms with Crippen molar-refractivity contribution in [3.63, 3.8) is 0 Å². The van der Waals surface area contributed by atoms with Gasteiger partial charge >= 0.3 is 0 Å². The second kappa shape index (κ2) is 6.48. The van der Waals surface area contributed by atoms with Gasteiger partial charge in [-0.2, -0.15) is 0 Å². The maximum atomic E-state index is 11.7. The third-order valence-electron chi connectivity index (χ3n) is 3.06. The van der Waals surface area contributed by atoms with Gasteiger partial charge in [0.05, 0.1) is 0 Å². The lowest BCUT2D eigenvalue weighted by atomic mass is 10.1. The molecule has 0 saturated heterocycles. The fraction of sp³-hybridized carbons (Fsp3) is 0.615. The summed E-state index contributed by atoms with van der Waals surface area (Å²) in [7, 11) is 1.99. The Labute approximate surface area is 97.5 Å². The number of rotatable bonds is 6. The predicted molar refractivity (Wildman–Crippen MR) is 67.8 cm³/mol. The lowest BCUT2D eigenvalue weighted by molar-refractivity contribution is 0.465. The van der Waals surface area contributed by atoms with Crippen LogP contribution in [0.15, 0.2) is 23.1 Å². The van der Waals surface area contributed by atoms with Crippen molar-refractivity contribution < 1.29 is 0 Å². The van der Waals surface area contributed by atoms with Crippen molar-refractivity contribution >= 4 is 0 Å². The molecule has 1 heterocycles. The molecule has 0 saturated carbocycles. The van der Waals surface area contributed by atoms with Crippen LogP contribution in [0.25, 0.3) is 0 Å². The molecule has 0 fully saturated rings. The quantitative estimate of drug-likeness (QED) is 0.798. The molecule has 3 nitrogen and oxygen atoms in total. The van der Waals surface area contributed by atoms with Crippen LogP contribution >= 0.6 is 0 Å². The summed E-state index contributed by atoms with van der Waals surface area (Å²) in [6.07, 6.45) is 5.17. The van der Waals surface area contributed by atoms with Crippen LogP contribution in [0.5, 0.6) is 0 Å². The summed E-state index contributed by atoms with van der Waals surface area (Å²) in [4.78, 5) is 11.7. The van der Waals surface area contributed by atoms with Crippen molar-refractivity contribution in [2.24, 2.45) is 0 Å². The maximum absolute atomic E-state index is 11.7. The Balaban J connectivity index is 2.49. The fourth-order valence-corrected chi connectivity index (χ4v) is 1.89. The van der Waals surface area contributed by atoms with E-state index in [1.807, 2.05) is 32.3 Å². The van der Waals surface area contributed by atoms with Crippen molar-refractivity contribution in [3.05, 3.63) is 34.2 Å². The molecule has 0 aliphatic carbocycles. The molecule has 0 spiro atoms. The highest BCUT2D eigenvalue weighted by molar-refractivity contribution is 5.07. The lowest BCUT2D eigenvalue weighted by Gasteiger charge is -2.13. The average Bonchev–Trinajstić information content (AvgIpc) is 2.30. The van der Waals surface area contributed by atoms with Crippen LogP contribution in [0.1, 0.15) is 31.7 Å². The Bertz CT molecular complexity index is 366. The number of aromatic nitrogens is 1. The normalized spacial score (nSPS) is 12.7. The molecule has 0 aliphatic rings. The molecule has 0 aromatic carbocycles. The van der Waals surface area contributed by atoms with E-state index >= 15 is 0 Å². The lowest BCUT2D eigenvalue weighted by Crippen LogP contribution is -2.26. The van der Waals surface area contributed by atoms with Gasteiger partial charge in [0, 0.05) is 24.3 Å². The standard InChI is InChI=1S/C13H22N2O/c1-4-12(14-3)8-6-10-15-9-5-7-11(2)13(15)16/h5,7,9,12,14H,4,6,8,10H2,1-3H3. The summed E-state index contributed by atoms with van der Waals surface area (Å²) in [5, 5.41) is 3.28. The van der Waals surface area contributed by atoms with E-state index in [0.717, 1.165) is 31.4 Å². The average molecular weight is 222 g/mol. The Morgan fingerprint density at radius 1 is 1.50 bits per heavy atom. The molecule has 3 heteroatoms. The SMILES string of the molecule is CCC(CCCn1cccc(C)c1=O)NC. The number of hydrogen-bond donors (Lipinski definition) is 1. The Kier molecular flexibility index (Phi) is 5.26. The summed E-state index contributed by atoms with van der Waals surface area (Å²) < 4.78 is 1.80. The van der Waals surface area contributed by atoms with E-state index in [-0.39, 0.29) is 5.56 Å². The number of aryl methyl sites for hydroxylation is 2. The van der Waals surface area contributed by atoms with Crippen LogP contribution in [0, 0.1) is 6.92 Å². The zero-order valence-electron chi connectivity index (χ0n) is 10.5. The molecule has 90 valence electrons. The van der Waals surface area contributed by atoms with Crippen molar-refractivity contribution in [3.8, 4) is 0 Å². The van der Waals surface area contributed by atoms with Crippen molar-refractivity contribution in [2.75, 3.05) is 7.05 Å². The van der Waals surface area contributed by atoms with Crippen LogP contribution in [0.4, 0.5) is 0 Å². The first kappa shape index (κ1) is 13.0. The van der Waals surface area contributed by atoms with E-state index in [1.165, 1.54) is 0 Å². The largest absolute Gasteiger partial charge is 0.317 e. The zero-order valence-corrected chi connectivity index (χ0v) is 10.5. The fourth-order valence-electron chi connectivity index (χ4n) is 1.89. The number of nitrogens with one attached hydrogen (secondary N) is 1. The molecule has 0 radical (unpaired) electrons. The van der Waals surface area contributed by atoms with Gasteiger partial charge in [-0.3, -0.25) is 4.79 Å². The molecule has 16 heavy (non-hydrogen) atoms. The van der Waals surface area contributed by atoms with E-state index in [9.17, 15) is 4.79 Å². The van der Waals surface area contributed by atoms with Gasteiger partial charge in [-0.1, -0.05) is 13.0 Å². The summed E-state index contributed by atoms with van der Waals surface area (Å²) in [5.74, 6) is 0. The van der Waals surface area contributed by atoms with Crippen LogP contribution in [-0.4, -0.2) is 17.7 Å². The van der Waals surface area contributed by atoms with E-state index in [0.29, 0.717) is 6.04 Å². The molecule has 1 N–H and O–H groups in total. The molecule has 1 aromatic rings. The minimum Gasteiger partial charge on any atom is -0.317 e. The smallest absolute Gasteiger partial charge is 0.253 e. The van der Waals surface area contributed by atoms with Gasteiger partial charge in [0.2, 0.25) is 0 Å². The van der Waals surface area contributed by atoms with Gasteiger partial charge in [-0.25, -0.2) is 0 Å². The number of pyridine rings is 1. The molecule has 1 atom stereocenters. The highest BCUT2D eigenvalue weighted by Gasteiger charge is 2.03. The number of nitrogens with zero attached hydrogens (tertiary/aromatic N) is 1. The molecule has 0 aliphatic heterocycles. The second-order valence-corrected chi connectivity index (χ2v) is 4.23. The first-order valence-corrected chi connectivity index (χ1v) is 6.02. The van der Waals surface area contributed by atoms with Gasteiger partial charge in [0.1, 0.15) is 0 Å². The highest BCUT2D eigenvalue weighted by atomic mass is 16.1. The summed E-state index contributed by atoms with van der Waals surface area (Å²) in [6.45, 7) is 4.86. The molecular weight excluding hydrogens is 200 g/mol. The first-order chi connectivity index (χ1) is 7.69. The van der Waals surface area contributed by atoms with Gasteiger partial charge in [0.15, 0.2) is 0 Å². The van der Waals surface area contributed by atoms with Gasteiger partial charge < -0.3 is 9.88 Å². The second-order valence-electron chi connectivity index (χ2n) is 4.23. The van der Waals surface area contributed by atoms with E-state index < -0.39 is 0 Å². The van der Waals surface area contributed by atoms with Gasteiger partial charge in [-0.15, -0.1) is 0 Å². The van der Waals surface area contributed by atoms with E-state index in [1.54, 1.807) is 4.57 Å². The van der Waals surface area contributed by atoms with Crippen molar-refractivity contribution in [1.29, 1.82) is 0 Å². The summed E-state index contributed by atoms with van der Waals surface area (Å²) in [5.41, 5.74) is 0.961. The molecule has 0 amide bonds. The van der Waals surface area contributed by atoms with Crippen LogP contribution < -0.4 is 10.9 Å². The predicted octanol–water partition coefficient (Wildman–Crippen LogP) is 1.93. The molecule has 1 aromatic heterocycles. The van der Waals surface area contributed by atoms with Gasteiger partial charge in [0.25, 0.3) is 5.56 Å². The monoisotopic (exact) mass is 222 g/mol. The van der Waals surface area contributed by atoms with Crippen LogP contribution in [-0.2, 0) is 6.54 Å². The highest BCUT2D eigenvalue weighted by Crippen LogP contribution is 2.02. The van der Waals surface area contributed by atoms with E-state index in [4.69, 9.17) is 0 Å². The topological polar surface area (TPSA) is 34.0 Å². The Morgan fingerprint density at radius 2 is 2.25 bits per heavy atom. The van der Waals surface area contributed by atoms with E-state index in [2.05, 4.69) is 12.2 Å². The first-order valence-electron chi connectivity index (χ1n) is 6.02. The Morgan fingerprint density at radius 3 is 2.88 bits per heavy atom. The third-order valence-corrected chi connectivity index (χ3v) is 3.06. The third kappa shape index (κ3) is 3.49. The summed E-state index contributed by atoms with van der Waals surface area (Å²) >= 11 is 0. The van der Waals surface area contributed by atoms with Gasteiger partial charge in [-0.05, 0) is 39.3 Å². The minimum atomic E-state index is 0.139. The van der Waals surface area contributed by atoms with Crippen LogP contribution in [0.3, 0.4) is 0 Å². The van der Waals surface area contributed by atoms with Crippen LogP contribution in [0.2, 0.25) is 0 Å². The Hall–Kier alpha value is -1.09.